The van der Waals surface area contributed by atoms with Crippen LogP contribution in [0.15, 0.2) is 0 Å². The summed E-state index contributed by atoms with van der Waals surface area (Å²) >= 11 is 1.46. The zero-order valence-corrected chi connectivity index (χ0v) is 8.10. The average molecular weight is 178 g/mol. The molecule has 0 aromatic carbocycles. The smallest absolute Gasteiger partial charge is 0.432 e. The van der Waals surface area contributed by atoms with E-state index in [4.69, 9.17) is 9.47 Å². The standard InChI is InChI=1S/C7H14O3S/c1-5(2)9-7(8)10-6(3)11-4/h5-6H,1-4H3. The normalized spacial score (nSPS) is 12.8. The summed E-state index contributed by atoms with van der Waals surface area (Å²) in [4.78, 5) is 10.8. The van der Waals surface area contributed by atoms with Crippen molar-refractivity contribution in [3.63, 3.8) is 0 Å². The summed E-state index contributed by atoms with van der Waals surface area (Å²) in [5, 5.41) is 0. The molecule has 3 nitrogen and oxygen atoms in total. The van der Waals surface area contributed by atoms with E-state index in [9.17, 15) is 4.79 Å². The summed E-state index contributed by atoms with van der Waals surface area (Å²) in [6.07, 6.45) is 1.16. The molecule has 0 rings (SSSR count). The van der Waals surface area contributed by atoms with Crippen molar-refractivity contribution < 1.29 is 14.3 Å². The maximum absolute atomic E-state index is 10.8. The third-order valence-corrected chi connectivity index (χ3v) is 1.69. The second kappa shape index (κ2) is 5.29. The first-order valence-corrected chi connectivity index (χ1v) is 4.75. The van der Waals surface area contributed by atoms with Gasteiger partial charge in [0, 0.05) is 0 Å². The largest absolute Gasteiger partial charge is 0.509 e. The first-order chi connectivity index (χ1) is 5.06. The molecular formula is C7H14O3S. The molecule has 0 aromatic heterocycles. The van der Waals surface area contributed by atoms with Gasteiger partial charge in [-0.25, -0.2) is 4.79 Å². The van der Waals surface area contributed by atoms with Crippen molar-refractivity contribution in [2.75, 3.05) is 6.26 Å². The Morgan fingerprint density at radius 1 is 1.27 bits per heavy atom. The molecule has 0 saturated heterocycles. The SMILES string of the molecule is CSC(C)OC(=O)OC(C)C. The lowest BCUT2D eigenvalue weighted by molar-refractivity contribution is 0.0312. The highest BCUT2D eigenvalue weighted by Gasteiger charge is 2.09. The fourth-order valence-electron chi connectivity index (χ4n) is 0.404. The fourth-order valence-corrected chi connectivity index (χ4v) is 0.579. The number of carbonyl (C=O) groups excluding carboxylic acids is 1. The quantitative estimate of drug-likeness (QED) is 0.490. The van der Waals surface area contributed by atoms with E-state index in [1.807, 2.05) is 6.26 Å². The highest BCUT2D eigenvalue weighted by Crippen LogP contribution is 2.08. The van der Waals surface area contributed by atoms with Crippen molar-refractivity contribution in [2.45, 2.75) is 32.3 Å². The van der Waals surface area contributed by atoms with Crippen LogP contribution in [0.3, 0.4) is 0 Å². The average Bonchev–Trinajstić information content (AvgIpc) is 1.85. The minimum atomic E-state index is -0.596. The fraction of sp³-hybridized carbons (Fsp3) is 0.857. The van der Waals surface area contributed by atoms with E-state index < -0.39 is 6.16 Å². The molecule has 11 heavy (non-hydrogen) atoms. The number of rotatable bonds is 3. The highest BCUT2D eigenvalue weighted by molar-refractivity contribution is 7.99. The lowest BCUT2D eigenvalue weighted by Gasteiger charge is -2.11. The van der Waals surface area contributed by atoms with E-state index >= 15 is 0 Å². The Bertz CT molecular complexity index is 125. The maximum atomic E-state index is 10.8. The van der Waals surface area contributed by atoms with Crippen molar-refractivity contribution in [2.24, 2.45) is 0 Å². The van der Waals surface area contributed by atoms with Gasteiger partial charge in [-0.05, 0) is 27.0 Å². The van der Waals surface area contributed by atoms with Gasteiger partial charge in [-0.1, -0.05) is 0 Å². The third kappa shape index (κ3) is 6.04. The van der Waals surface area contributed by atoms with Gasteiger partial charge in [-0.3, -0.25) is 0 Å². The third-order valence-electron chi connectivity index (χ3n) is 0.926. The maximum Gasteiger partial charge on any atom is 0.509 e. The monoisotopic (exact) mass is 178 g/mol. The Morgan fingerprint density at radius 3 is 2.18 bits per heavy atom. The zero-order valence-electron chi connectivity index (χ0n) is 7.29. The summed E-state index contributed by atoms with van der Waals surface area (Å²) in [5.74, 6) is 0. The molecule has 1 unspecified atom stereocenters. The molecule has 0 spiro atoms. The van der Waals surface area contributed by atoms with E-state index in [-0.39, 0.29) is 11.5 Å². The van der Waals surface area contributed by atoms with Crippen LogP contribution < -0.4 is 0 Å². The van der Waals surface area contributed by atoms with Crippen molar-refractivity contribution in [3.8, 4) is 0 Å². The molecule has 0 N–H and O–H groups in total. The zero-order chi connectivity index (χ0) is 8.85. The van der Waals surface area contributed by atoms with E-state index in [0.717, 1.165) is 0 Å². The van der Waals surface area contributed by atoms with Crippen LogP contribution in [0, 0.1) is 0 Å². The van der Waals surface area contributed by atoms with Crippen molar-refractivity contribution in [3.05, 3.63) is 0 Å². The minimum absolute atomic E-state index is 0.114. The summed E-state index contributed by atoms with van der Waals surface area (Å²) < 4.78 is 9.56. The summed E-state index contributed by atoms with van der Waals surface area (Å²) in [6, 6.07) is 0. The van der Waals surface area contributed by atoms with Crippen LogP contribution in [0.1, 0.15) is 20.8 Å². The topological polar surface area (TPSA) is 35.5 Å². The number of ether oxygens (including phenoxy) is 2. The van der Waals surface area contributed by atoms with Crippen LogP contribution in [0.2, 0.25) is 0 Å². The number of hydrogen-bond acceptors (Lipinski definition) is 4. The van der Waals surface area contributed by atoms with E-state index in [0.29, 0.717) is 0 Å². The Labute approximate surface area is 71.4 Å². The van der Waals surface area contributed by atoms with Gasteiger partial charge in [0.05, 0.1) is 6.10 Å². The molecule has 0 radical (unpaired) electrons. The Kier molecular flexibility index (Phi) is 5.11. The molecule has 0 heterocycles. The Balaban J connectivity index is 3.52. The lowest BCUT2D eigenvalue weighted by Crippen LogP contribution is -2.16. The van der Waals surface area contributed by atoms with Gasteiger partial charge in [0.2, 0.25) is 0 Å². The van der Waals surface area contributed by atoms with Crippen LogP contribution in [-0.4, -0.2) is 24.0 Å². The number of hydrogen-bond donors (Lipinski definition) is 0. The van der Waals surface area contributed by atoms with Crippen LogP contribution in [0.5, 0.6) is 0 Å². The van der Waals surface area contributed by atoms with Gasteiger partial charge in [0.1, 0.15) is 5.44 Å². The van der Waals surface area contributed by atoms with E-state index in [1.54, 1.807) is 20.8 Å². The molecule has 1 atom stereocenters. The molecule has 0 fully saturated rings. The molecule has 0 aliphatic rings. The van der Waals surface area contributed by atoms with Gasteiger partial charge in [-0.2, -0.15) is 0 Å². The second-order valence-electron chi connectivity index (χ2n) is 2.34. The van der Waals surface area contributed by atoms with Crippen LogP contribution in [0.25, 0.3) is 0 Å². The predicted molar refractivity (Wildman–Crippen MR) is 45.7 cm³/mol. The Morgan fingerprint density at radius 2 is 1.82 bits per heavy atom. The first kappa shape index (κ1) is 10.6. The molecule has 0 amide bonds. The van der Waals surface area contributed by atoms with E-state index in [1.165, 1.54) is 11.8 Å². The summed E-state index contributed by atoms with van der Waals surface area (Å²) in [5.41, 5.74) is -0.138. The van der Waals surface area contributed by atoms with Crippen molar-refractivity contribution >= 4 is 17.9 Å². The molecular weight excluding hydrogens is 164 g/mol. The molecule has 4 heteroatoms. The lowest BCUT2D eigenvalue weighted by atomic mass is 10.5. The van der Waals surface area contributed by atoms with Crippen LogP contribution in [0.4, 0.5) is 4.79 Å². The van der Waals surface area contributed by atoms with Crippen molar-refractivity contribution in [1.82, 2.24) is 0 Å². The second-order valence-corrected chi connectivity index (χ2v) is 3.47. The van der Waals surface area contributed by atoms with Gasteiger partial charge < -0.3 is 9.47 Å². The summed E-state index contributed by atoms with van der Waals surface area (Å²) in [6.45, 7) is 5.36. The molecule has 0 bridgehead atoms. The van der Waals surface area contributed by atoms with E-state index in [2.05, 4.69) is 0 Å². The Hall–Kier alpha value is -0.380. The molecule has 66 valence electrons. The molecule has 0 aliphatic heterocycles. The number of carbonyl (C=O) groups is 1. The molecule has 0 aliphatic carbocycles. The van der Waals surface area contributed by atoms with Gasteiger partial charge >= 0.3 is 6.16 Å². The summed E-state index contributed by atoms with van der Waals surface area (Å²) in [7, 11) is 0. The van der Waals surface area contributed by atoms with Gasteiger partial charge in [0.15, 0.2) is 0 Å². The number of thioether (sulfide) groups is 1. The highest BCUT2D eigenvalue weighted by atomic mass is 32.2. The predicted octanol–water partition coefficient (Wildman–Crippen LogP) is 2.26. The van der Waals surface area contributed by atoms with Crippen molar-refractivity contribution in [1.29, 1.82) is 0 Å². The minimum Gasteiger partial charge on any atom is -0.432 e. The molecule has 0 aromatic rings. The first-order valence-electron chi connectivity index (χ1n) is 3.46. The van der Waals surface area contributed by atoms with Crippen LogP contribution >= 0.6 is 11.8 Å². The van der Waals surface area contributed by atoms with Crippen LogP contribution in [-0.2, 0) is 9.47 Å². The van der Waals surface area contributed by atoms with Gasteiger partial charge in [0.25, 0.3) is 0 Å². The molecule has 0 saturated carbocycles. The van der Waals surface area contributed by atoms with Gasteiger partial charge in [-0.15, -0.1) is 11.8 Å².